The van der Waals surface area contributed by atoms with Crippen LogP contribution in [0.3, 0.4) is 0 Å². The molecule has 4 fully saturated rings. The molecule has 10 unspecified atom stereocenters. The molecule has 0 radical (unpaired) electrons. The van der Waals surface area contributed by atoms with Crippen molar-refractivity contribution in [3.05, 3.63) is 48.6 Å². The molecule has 2 N–H and O–H groups in total. The van der Waals surface area contributed by atoms with Crippen molar-refractivity contribution in [2.24, 2.45) is 64.6 Å². The van der Waals surface area contributed by atoms with E-state index in [9.17, 15) is 10.2 Å². The summed E-state index contributed by atoms with van der Waals surface area (Å²) in [5, 5.41) is 21.5. The van der Waals surface area contributed by atoms with E-state index < -0.39 is 0 Å². The van der Waals surface area contributed by atoms with E-state index in [-0.39, 0.29) is 63.0 Å². The summed E-state index contributed by atoms with van der Waals surface area (Å²) in [7, 11) is 0. The second-order valence-corrected chi connectivity index (χ2v) is 12.3. The minimum Gasteiger partial charge on any atom is -1.00 e. The molecule has 4 saturated carbocycles. The number of aliphatic hydroxyl groups is 2. The van der Waals surface area contributed by atoms with Crippen molar-refractivity contribution in [3.63, 3.8) is 0 Å². The van der Waals surface area contributed by atoms with Gasteiger partial charge in [-0.3, -0.25) is 0 Å². The summed E-state index contributed by atoms with van der Waals surface area (Å²) in [6.45, 7) is 0.549. The Bertz CT molecular complexity index is 778. The zero-order valence-electron chi connectivity index (χ0n) is 21.5. The van der Waals surface area contributed by atoms with Gasteiger partial charge in [-0.2, -0.15) is 0 Å². The Kier molecular flexibility index (Phi) is 11.3. The van der Waals surface area contributed by atoms with Crippen molar-refractivity contribution < 1.29 is 61.2 Å². The molecule has 0 heterocycles. The molecule has 0 spiro atoms. The molecule has 6 aliphatic rings. The number of allylic oxidation sites excluding steroid dienone is 8. The molecule has 0 aromatic rings. The first-order chi connectivity index (χ1) is 16.3. The summed E-state index contributed by atoms with van der Waals surface area (Å²) in [5.41, 5.74) is -0.0763. The Hall–Kier alpha value is 0.343. The molecule has 5 heteroatoms. The summed E-state index contributed by atoms with van der Waals surface area (Å²) in [6.07, 6.45) is 32.0. The molecular formula is C31H44Cl2O2Zr. The van der Waals surface area contributed by atoms with Gasteiger partial charge in [0.2, 0.25) is 0 Å². The van der Waals surface area contributed by atoms with E-state index in [2.05, 4.69) is 48.6 Å². The smallest absolute Gasteiger partial charge is 1.00 e. The average Bonchev–Trinajstić information content (AvgIpc) is 3.40. The molecule has 0 bridgehead atoms. The van der Waals surface area contributed by atoms with E-state index in [4.69, 9.17) is 0 Å². The average molecular weight is 611 g/mol. The number of hydrogen-bond acceptors (Lipinski definition) is 2. The van der Waals surface area contributed by atoms with Gasteiger partial charge in [0, 0.05) is 18.6 Å². The largest absolute Gasteiger partial charge is 2.00 e. The van der Waals surface area contributed by atoms with E-state index in [0.29, 0.717) is 42.1 Å². The van der Waals surface area contributed by atoms with Crippen LogP contribution in [-0.2, 0) is 26.2 Å². The van der Waals surface area contributed by atoms with Crippen molar-refractivity contribution in [2.45, 2.75) is 64.2 Å². The van der Waals surface area contributed by atoms with Crippen LogP contribution < -0.4 is 24.8 Å². The van der Waals surface area contributed by atoms with Gasteiger partial charge < -0.3 is 35.0 Å². The Labute approximate surface area is 250 Å². The standard InChI is InChI=1S/C31H44O2.2ClH.Zr/c32-19-9-18-31(20-33,29-25-14-5-1-10-21(25)22-11-2-6-15-26(22)29)30-27-16-7-3-12-23(27)24-13-4-8-17-28(24)30;;;/h1,3,5,7,10,12,14,16,21-30,32-33H,2,4,6,8-9,11,13,15,17-20H2;2*1H;/q;;;+2/p-2. The van der Waals surface area contributed by atoms with Crippen LogP contribution in [0.5, 0.6) is 0 Å². The topological polar surface area (TPSA) is 40.5 Å². The number of aliphatic hydroxyl groups excluding tert-OH is 2. The zero-order chi connectivity index (χ0) is 22.4. The van der Waals surface area contributed by atoms with Gasteiger partial charge in [-0.1, -0.05) is 74.3 Å². The number of rotatable bonds is 6. The molecule has 10 atom stereocenters. The monoisotopic (exact) mass is 608 g/mol. The maximum atomic E-state index is 11.5. The van der Waals surface area contributed by atoms with Gasteiger partial charge in [0.25, 0.3) is 0 Å². The van der Waals surface area contributed by atoms with Crippen LogP contribution in [0.4, 0.5) is 0 Å². The van der Waals surface area contributed by atoms with Gasteiger partial charge in [-0.05, 0) is 97.7 Å². The Balaban J connectivity index is 0.00000120. The van der Waals surface area contributed by atoms with Crippen LogP contribution in [0.1, 0.15) is 64.2 Å². The van der Waals surface area contributed by atoms with E-state index in [1.54, 1.807) is 0 Å². The van der Waals surface area contributed by atoms with Gasteiger partial charge >= 0.3 is 26.2 Å². The molecule has 0 aromatic heterocycles. The first-order valence-electron chi connectivity index (χ1n) is 14.2. The van der Waals surface area contributed by atoms with Crippen molar-refractivity contribution in [2.75, 3.05) is 13.2 Å². The number of halogens is 2. The van der Waals surface area contributed by atoms with Gasteiger partial charge in [0.1, 0.15) is 0 Å². The fraction of sp³-hybridized carbons (Fsp3) is 0.742. The molecule has 36 heavy (non-hydrogen) atoms. The van der Waals surface area contributed by atoms with Crippen molar-refractivity contribution >= 4 is 0 Å². The predicted octanol–water partition coefficient (Wildman–Crippen LogP) is 0.332. The number of hydrogen-bond donors (Lipinski definition) is 2. The quantitative estimate of drug-likeness (QED) is 0.456. The maximum Gasteiger partial charge on any atom is 2.00 e. The Morgan fingerprint density at radius 3 is 1.36 bits per heavy atom. The SMILES string of the molecule is OCCCC(CO)(C1C2C=CC=CC2C2CCCCC21)C1C2C=CC=CC2C2CCCCC21.[Cl-].[Cl-].[Zr+2]. The van der Waals surface area contributed by atoms with E-state index in [1.165, 1.54) is 51.4 Å². The van der Waals surface area contributed by atoms with Crippen molar-refractivity contribution in [1.82, 2.24) is 0 Å². The minimum absolute atomic E-state index is 0. The van der Waals surface area contributed by atoms with Crippen LogP contribution in [0.25, 0.3) is 0 Å². The second kappa shape index (κ2) is 13.1. The molecule has 0 aromatic carbocycles. The molecule has 2 nitrogen and oxygen atoms in total. The molecule has 0 aliphatic heterocycles. The molecule has 198 valence electrons. The summed E-state index contributed by atoms with van der Waals surface area (Å²) < 4.78 is 0. The predicted molar refractivity (Wildman–Crippen MR) is 134 cm³/mol. The fourth-order valence-corrected chi connectivity index (χ4v) is 10.5. The molecule has 6 aliphatic carbocycles. The second-order valence-electron chi connectivity index (χ2n) is 12.3. The minimum atomic E-state index is -0.0763. The summed E-state index contributed by atoms with van der Waals surface area (Å²) >= 11 is 0. The Morgan fingerprint density at radius 1 is 0.583 bits per heavy atom. The summed E-state index contributed by atoms with van der Waals surface area (Å²) in [6, 6.07) is 0. The van der Waals surface area contributed by atoms with Crippen LogP contribution in [0.15, 0.2) is 48.6 Å². The third-order valence-electron chi connectivity index (χ3n) is 11.4. The fourth-order valence-electron chi connectivity index (χ4n) is 10.5. The van der Waals surface area contributed by atoms with Gasteiger partial charge in [-0.25, -0.2) is 0 Å². The van der Waals surface area contributed by atoms with E-state index >= 15 is 0 Å². The van der Waals surface area contributed by atoms with Crippen LogP contribution in [0, 0.1) is 64.6 Å². The first-order valence-corrected chi connectivity index (χ1v) is 14.2. The summed E-state index contributed by atoms with van der Waals surface area (Å²) in [4.78, 5) is 0. The van der Waals surface area contributed by atoms with Crippen molar-refractivity contribution in [3.8, 4) is 0 Å². The Morgan fingerprint density at radius 2 is 0.972 bits per heavy atom. The van der Waals surface area contributed by atoms with Gasteiger partial charge in [0.05, 0.1) is 0 Å². The van der Waals surface area contributed by atoms with E-state index in [1.807, 2.05) is 0 Å². The van der Waals surface area contributed by atoms with E-state index in [0.717, 1.165) is 36.5 Å². The first kappa shape index (κ1) is 30.9. The van der Waals surface area contributed by atoms with Crippen LogP contribution >= 0.6 is 0 Å². The van der Waals surface area contributed by atoms with Crippen LogP contribution in [-0.4, -0.2) is 23.4 Å². The van der Waals surface area contributed by atoms with Gasteiger partial charge in [-0.15, -0.1) is 0 Å². The third-order valence-corrected chi connectivity index (χ3v) is 11.4. The summed E-state index contributed by atoms with van der Waals surface area (Å²) in [5.74, 6) is 6.60. The normalized spacial score (nSPS) is 43.1. The maximum absolute atomic E-state index is 11.5. The van der Waals surface area contributed by atoms with Crippen molar-refractivity contribution in [1.29, 1.82) is 0 Å². The van der Waals surface area contributed by atoms with Gasteiger partial charge in [0.15, 0.2) is 0 Å². The molecule has 6 rings (SSSR count). The third kappa shape index (κ3) is 4.89. The molecule has 0 saturated heterocycles. The zero-order valence-corrected chi connectivity index (χ0v) is 25.5. The van der Waals surface area contributed by atoms with Crippen LogP contribution in [0.2, 0.25) is 0 Å². The number of fused-ring (bicyclic) bond motifs is 6. The molecule has 0 amide bonds. The molecular weight excluding hydrogens is 566 g/mol.